The Balaban J connectivity index is 2.07. The van der Waals surface area contributed by atoms with Crippen molar-refractivity contribution in [2.24, 2.45) is 0 Å². The van der Waals surface area contributed by atoms with E-state index in [1.54, 1.807) is 30.3 Å². The molecule has 0 spiro atoms. The molecule has 0 fully saturated rings. The standard InChI is InChI=1S/C21H15N3O5/c1-3-10-23-20(25)16(13(2)17(12-22)21(23)26)11-14-8-9-19(29-14)15-6-4-5-7-18(15)24(27)28/h3-9,11H,1,10H2,2H3/b16-11+. The summed E-state index contributed by atoms with van der Waals surface area (Å²) < 4.78 is 5.69. The number of nitrogens with zero attached hydrogens (tertiary/aromatic N) is 3. The van der Waals surface area contributed by atoms with E-state index in [-0.39, 0.29) is 40.5 Å². The van der Waals surface area contributed by atoms with Crippen LogP contribution < -0.4 is 0 Å². The Morgan fingerprint density at radius 1 is 1.24 bits per heavy atom. The molecule has 0 aliphatic carbocycles. The Morgan fingerprint density at radius 3 is 2.62 bits per heavy atom. The van der Waals surface area contributed by atoms with Gasteiger partial charge >= 0.3 is 0 Å². The Hall–Kier alpha value is -4.25. The quantitative estimate of drug-likeness (QED) is 0.253. The summed E-state index contributed by atoms with van der Waals surface area (Å²) in [5.74, 6) is -0.734. The fourth-order valence-corrected chi connectivity index (χ4v) is 2.98. The number of benzene rings is 1. The summed E-state index contributed by atoms with van der Waals surface area (Å²) in [5, 5.41) is 20.5. The summed E-state index contributed by atoms with van der Waals surface area (Å²) in [5.41, 5.74) is 0.423. The number of amides is 2. The molecule has 0 saturated heterocycles. The van der Waals surface area contributed by atoms with Crippen molar-refractivity contribution in [3.8, 4) is 17.4 Å². The van der Waals surface area contributed by atoms with E-state index in [9.17, 15) is 25.0 Å². The van der Waals surface area contributed by atoms with Crippen molar-refractivity contribution in [2.75, 3.05) is 6.54 Å². The highest BCUT2D eigenvalue weighted by Gasteiger charge is 2.34. The molecule has 29 heavy (non-hydrogen) atoms. The summed E-state index contributed by atoms with van der Waals surface area (Å²) in [7, 11) is 0. The molecular formula is C21H15N3O5. The number of carbonyl (C=O) groups excluding carboxylic acids is 2. The van der Waals surface area contributed by atoms with Crippen molar-refractivity contribution in [1.82, 2.24) is 4.90 Å². The maximum atomic E-state index is 12.7. The summed E-state index contributed by atoms with van der Waals surface area (Å²) in [6.45, 7) is 5.00. The van der Waals surface area contributed by atoms with E-state index in [1.165, 1.54) is 25.1 Å². The number of furan rings is 1. The van der Waals surface area contributed by atoms with Crippen LogP contribution in [0.1, 0.15) is 12.7 Å². The number of carbonyl (C=O) groups is 2. The lowest BCUT2D eigenvalue weighted by Crippen LogP contribution is -2.42. The molecule has 144 valence electrons. The van der Waals surface area contributed by atoms with E-state index < -0.39 is 16.7 Å². The minimum Gasteiger partial charge on any atom is -0.456 e. The zero-order valence-corrected chi connectivity index (χ0v) is 15.4. The Bertz CT molecular complexity index is 1150. The molecule has 0 atom stereocenters. The van der Waals surface area contributed by atoms with Crippen LogP contribution in [0.25, 0.3) is 17.4 Å². The fraction of sp³-hybridized carbons (Fsp3) is 0.0952. The molecule has 0 N–H and O–H groups in total. The molecule has 0 bridgehead atoms. The van der Waals surface area contributed by atoms with Crippen molar-refractivity contribution >= 4 is 23.6 Å². The van der Waals surface area contributed by atoms with Gasteiger partial charge < -0.3 is 4.42 Å². The average molecular weight is 389 g/mol. The highest BCUT2D eigenvalue weighted by Crippen LogP contribution is 2.33. The molecule has 2 heterocycles. The first-order chi connectivity index (χ1) is 13.9. The zero-order valence-electron chi connectivity index (χ0n) is 15.4. The lowest BCUT2D eigenvalue weighted by Gasteiger charge is -2.26. The second kappa shape index (κ2) is 7.78. The number of rotatable bonds is 5. The lowest BCUT2D eigenvalue weighted by atomic mass is 9.94. The first-order valence-electron chi connectivity index (χ1n) is 8.52. The zero-order chi connectivity index (χ0) is 21.1. The number of nitro benzene ring substituents is 1. The third kappa shape index (κ3) is 3.49. The van der Waals surface area contributed by atoms with Gasteiger partial charge in [-0.25, -0.2) is 0 Å². The average Bonchev–Trinajstić information content (AvgIpc) is 3.17. The molecule has 8 heteroatoms. The maximum Gasteiger partial charge on any atom is 0.280 e. The van der Waals surface area contributed by atoms with Crippen LogP contribution in [0.2, 0.25) is 0 Å². The molecule has 1 aliphatic heterocycles. The van der Waals surface area contributed by atoms with Gasteiger partial charge in [0.25, 0.3) is 17.5 Å². The van der Waals surface area contributed by atoms with Gasteiger partial charge in [-0.2, -0.15) is 5.26 Å². The van der Waals surface area contributed by atoms with Gasteiger partial charge in [0.1, 0.15) is 23.2 Å². The second-order valence-corrected chi connectivity index (χ2v) is 6.16. The fourth-order valence-electron chi connectivity index (χ4n) is 2.98. The Labute approximate surface area is 165 Å². The van der Waals surface area contributed by atoms with Crippen LogP contribution in [0, 0.1) is 21.4 Å². The molecule has 0 unspecified atom stereocenters. The van der Waals surface area contributed by atoms with Crippen molar-refractivity contribution in [3.05, 3.63) is 81.6 Å². The first-order valence-corrected chi connectivity index (χ1v) is 8.52. The van der Waals surface area contributed by atoms with E-state index in [4.69, 9.17) is 4.42 Å². The van der Waals surface area contributed by atoms with Gasteiger partial charge in [0.15, 0.2) is 0 Å². The van der Waals surface area contributed by atoms with Gasteiger partial charge in [-0.1, -0.05) is 18.2 Å². The van der Waals surface area contributed by atoms with E-state index in [1.807, 2.05) is 6.07 Å². The van der Waals surface area contributed by atoms with Crippen LogP contribution in [-0.2, 0) is 9.59 Å². The minimum atomic E-state index is -0.674. The molecule has 3 rings (SSSR count). The number of imide groups is 1. The van der Waals surface area contributed by atoms with E-state index in [2.05, 4.69) is 6.58 Å². The highest BCUT2D eigenvalue weighted by molar-refractivity contribution is 6.19. The van der Waals surface area contributed by atoms with E-state index in [0.717, 1.165) is 4.90 Å². The summed E-state index contributed by atoms with van der Waals surface area (Å²) in [6.07, 6.45) is 2.80. The number of hydrogen-bond donors (Lipinski definition) is 0. The van der Waals surface area contributed by atoms with Crippen LogP contribution in [-0.4, -0.2) is 28.2 Å². The van der Waals surface area contributed by atoms with Gasteiger partial charge in [0, 0.05) is 18.2 Å². The van der Waals surface area contributed by atoms with Gasteiger partial charge in [-0.3, -0.25) is 24.6 Å². The van der Waals surface area contributed by atoms with Gasteiger partial charge in [-0.15, -0.1) is 6.58 Å². The first kappa shape index (κ1) is 19.5. The second-order valence-electron chi connectivity index (χ2n) is 6.16. The molecule has 1 aliphatic rings. The maximum absolute atomic E-state index is 12.7. The van der Waals surface area contributed by atoms with Crippen molar-refractivity contribution in [1.29, 1.82) is 5.26 Å². The molecule has 8 nitrogen and oxygen atoms in total. The third-order valence-corrected chi connectivity index (χ3v) is 4.42. The Kier molecular flexibility index (Phi) is 5.23. The predicted molar refractivity (Wildman–Crippen MR) is 104 cm³/mol. The molecule has 1 aromatic heterocycles. The number of hydrogen-bond acceptors (Lipinski definition) is 6. The Morgan fingerprint density at radius 2 is 1.97 bits per heavy atom. The highest BCUT2D eigenvalue weighted by atomic mass is 16.6. The smallest absolute Gasteiger partial charge is 0.280 e. The van der Waals surface area contributed by atoms with Crippen molar-refractivity contribution in [3.63, 3.8) is 0 Å². The van der Waals surface area contributed by atoms with Crippen LogP contribution in [0.5, 0.6) is 0 Å². The number of nitriles is 1. The van der Waals surface area contributed by atoms with E-state index in [0.29, 0.717) is 5.56 Å². The van der Waals surface area contributed by atoms with Crippen LogP contribution in [0.15, 0.2) is 70.2 Å². The molecule has 1 aromatic carbocycles. The van der Waals surface area contributed by atoms with Gasteiger partial charge in [0.2, 0.25) is 0 Å². The topological polar surface area (TPSA) is 117 Å². The van der Waals surface area contributed by atoms with Crippen LogP contribution in [0.3, 0.4) is 0 Å². The van der Waals surface area contributed by atoms with Crippen LogP contribution in [0.4, 0.5) is 5.69 Å². The molecule has 2 aromatic rings. The normalized spacial score (nSPS) is 15.6. The summed E-state index contributed by atoms with van der Waals surface area (Å²) >= 11 is 0. The van der Waals surface area contributed by atoms with Gasteiger partial charge in [0.05, 0.1) is 10.5 Å². The number of para-hydroxylation sites is 1. The van der Waals surface area contributed by atoms with Gasteiger partial charge in [-0.05, 0) is 36.8 Å². The monoisotopic (exact) mass is 389 g/mol. The molecule has 0 radical (unpaired) electrons. The predicted octanol–water partition coefficient (Wildman–Crippen LogP) is 3.63. The largest absolute Gasteiger partial charge is 0.456 e. The summed E-state index contributed by atoms with van der Waals surface area (Å²) in [4.78, 5) is 36.7. The molecular weight excluding hydrogens is 374 g/mol. The molecule has 2 amide bonds. The summed E-state index contributed by atoms with van der Waals surface area (Å²) in [6, 6.07) is 11.1. The van der Waals surface area contributed by atoms with Crippen LogP contribution >= 0.6 is 0 Å². The third-order valence-electron chi connectivity index (χ3n) is 4.42. The van der Waals surface area contributed by atoms with E-state index >= 15 is 0 Å². The lowest BCUT2D eigenvalue weighted by molar-refractivity contribution is -0.384. The SMILES string of the molecule is C=CCN1C(=O)C(C#N)=C(C)/C(=C\c2ccc(-c3ccccc3[N+](=O)[O-])o2)C1=O. The van der Waals surface area contributed by atoms with Crippen molar-refractivity contribution < 1.29 is 18.9 Å². The number of nitro groups is 1. The minimum absolute atomic E-state index is 0.0346. The molecule has 0 saturated carbocycles. The van der Waals surface area contributed by atoms with Crippen molar-refractivity contribution in [2.45, 2.75) is 6.92 Å².